The van der Waals surface area contributed by atoms with Crippen LogP contribution in [0.2, 0.25) is 5.02 Å². The van der Waals surface area contributed by atoms with E-state index in [0.717, 1.165) is 53.0 Å². The van der Waals surface area contributed by atoms with Crippen LogP contribution in [0.1, 0.15) is 0 Å². The number of hydrogen-bond donors (Lipinski definition) is 3. The molecule has 0 spiro atoms. The monoisotopic (exact) mass is 387 g/mol. The first kappa shape index (κ1) is 16.2. The standard InChI is InChI=1S/C17H18ClN7S/c18-14-3-10(11-4-21-22-5-11)1-2-13(14)15-23-24-16(26-15)25-7-12-6-20-8-17(12,19)9-25/h1-5,12,20H,6-9,19H2,(H,21,22)/t12-,17-/m1/s1. The van der Waals surface area contributed by atoms with Gasteiger partial charge in [-0.3, -0.25) is 5.10 Å². The summed E-state index contributed by atoms with van der Waals surface area (Å²) in [5.41, 5.74) is 9.28. The number of nitrogens with one attached hydrogen (secondary N) is 2. The van der Waals surface area contributed by atoms with E-state index >= 15 is 0 Å². The largest absolute Gasteiger partial charge is 0.344 e. The zero-order valence-corrected chi connectivity index (χ0v) is 15.5. The van der Waals surface area contributed by atoms with Gasteiger partial charge in [-0.1, -0.05) is 29.0 Å². The molecule has 0 radical (unpaired) electrons. The zero-order valence-electron chi connectivity index (χ0n) is 13.9. The number of benzene rings is 1. The Labute approximate surface area is 159 Å². The first-order valence-electron chi connectivity index (χ1n) is 8.49. The summed E-state index contributed by atoms with van der Waals surface area (Å²) in [6.45, 7) is 3.57. The fraction of sp³-hybridized carbons (Fsp3) is 0.353. The molecule has 2 aromatic heterocycles. The Bertz CT molecular complexity index is 941. The third kappa shape index (κ3) is 2.61. The normalized spacial score (nSPS) is 25.0. The predicted molar refractivity (Wildman–Crippen MR) is 103 cm³/mol. The quantitative estimate of drug-likeness (QED) is 0.636. The van der Waals surface area contributed by atoms with Crippen LogP contribution in [0.4, 0.5) is 5.13 Å². The van der Waals surface area contributed by atoms with Crippen molar-refractivity contribution in [1.82, 2.24) is 25.7 Å². The Hall–Kier alpha value is -2.00. The number of rotatable bonds is 3. The van der Waals surface area contributed by atoms with Crippen LogP contribution in [-0.4, -0.2) is 52.1 Å². The lowest BCUT2D eigenvalue weighted by Crippen LogP contribution is -2.48. The van der Waals surface area contributed by atoms with Crippen molar-refractivity contribution in [3.8, 4) is 21.7 Å². The Kier molecular flexibility index (Phi) is 3.75. The fourth-order valence-corrected chi connectivity index (χ4v) is 5.04. The summed E-state index contributed by atoms with van der Waals surface area (Å²) < 4.78 is 0. The first-order valence-corrected chi connectivity index (χ1v) is 9.69. The van der Waals surface area contributed by atoms with Crippen molar-refractivity contribution in [2.24, 2.45) is 11.7 Å². The molecule has 7 nitrogen and oxygen atoms in total. The molecule has 1 aromatic carbocycles. The van der Waals surface area contributed by atoms with E-state index in [1.54, 1.807) is 17.5 Å². The number of aromatic amines is 1. The second-order valence-electron chi connectivity index (χ2n) is 7.01. The van der Waals surface area contributed by atoms with Crippen LogP contribution in [-0.2, 0) is 0 Å². The Morgan fingerprint density at radius 3 is 3.00 bits per heavy atom. The zero-order chi connectivity index (χ0) is 17.7. The minimum atomic E-state index is -0.157. The van der Waals surface area contributed by atoms with E-state index in [1.807, 2.05) is 24.4 Å². The van der Waals surface area contributed by atoms with Gasteiger partial charge in [-0.15, -0.1) is 10.2 Å². The van der Waals surface area contributed by atoms with Gasteiger partial charge in [-0.05, 0) is 17.7 Å². The van der Waals surface area contributed by atoms with Crippen LogP contribution in [0, 0.1) is 5.92 Å². The average molecular weight is 388 g/mol. The van der Waals surface area contributed by atoms with Gasteiger partial charge in [0.05, 0.1) is 16.8 Å². The molecule has 4 heterocycles. The number of nitrogens with two attached hydrogens (primary N) is 1. The summed E-state index contributed by atoms with van der Waals surface area (Å²) in [5, 5.41) is 21.3. The summed E-state index contributed by atoms with van der Waals surface area (Å²) in [6.07, 6.45) is 3.62. The molecule has 4 N–H and O–H groups in total. The molecule has 0 unspecified atom stereocenters. The highest BCUT2D eigenvalue weighted by Gasteiger charge is 2.47. The molecule has 5 rings (SSSR count). The van der Waals surface area contributed by atoms with E-state index in [2.05, 4.69) is 30.6 Å². The SMILES string of the molecule is N[C@@]12CNC[C@@H]1CN(c1nnc(-c3ccc(-c4cn[nH]c4)cc3Cl)s1)C2. The van der Waals surface area contributed by atoms with E-state index in [-0.39, 0.29) is 5.54 Å². The van der Waals surface area contributed by atoms with Crippen LogP contribution < -0.4 is 16.0 Å². The number of hydrogen-bond acceptors (Lipinski definition) is 7. The molecule has 0 bridgehead atoms. The van der Waals surface area contributed by atoms with Crippen LogP contribution in [0.5, 0.6) is 0 Å². The number of fused-ring (bicyclic) bond motifs is 1. The summed E-state index contributed by atoms with van der Waals surface area (Å²) in [5.74, 6) is 0.465. The van der Waals surface area contributed by atoms with Crippen molar-refractivity contribution < 1.29 is 0 Å². The number of aromatic nitrogens is 4. The van der Waals surface area contributed by atoms with Crippen molar-refractivity contribution in [2.75, 3.05) is 31.1 Å². The van der Waals surface area contributed by atoms with E-state index in [0.29, 0.717) is 10.9 Å². The lowest BCUT2D eigenvalue weighted by Gasteiger charge is -2.21. The van der Waals surface area contributed by atoms with Gasteiger partial charge in [-0.2, -0.15) is 5.10 Å². The van der Waals surface area contributed by atoms with Gasteiger partial charge in [0, 0.05) is 49.4 Å². The van der Waals surface area contributed by atoms with Gasteiger partial charge in [0.1, 0.15) is 0 Å². The van der Waals surface area contributed by atoms with Crippen molar-refractivity contribution >= 4 is 28.1 Å². The summed E-state index contributed by atoms with van der Waals surface area (Å²) in [7, 11) is 0. The van der Waals surface area contributed by atoms with E-state index in [9.17, 15) is 0 Å². The van der Waals surface area contributed by atoms with Crippen LogP contribution in [0.25, 0.3) is 21.7 Å². The number of halogens is 1. The van der Waals surface area contributed by atoms with Crippen molar-refractivity contribution in [2.45, 2.75) is 5.54 Å². The van der Waals surface area contributed by atoms with Crippen molar-refractivity contribution in [3.63, 3.8) is 0 Å². The maximum Gasteiger partial charge on any atom is 0.208 e. The smallest absolute Gasteiger partial charge is 0.208 e. The molecule has 26 heavy (non-hydrogen) atoms. The molecule has 3 aromatic rings. The van der Waals surface area contributed by atoms with Crippen molar-refractivity contribution in [3.05, 3.63) is 35.6 Å². The molecule has 0 saturated carbocycles. The molecule has 9 heteroatoms. The minimum Gasteiger partial charge on any atom is -0.344 e. The first-order chi connectivity index (χ1) is 12.6. The molecule has 134 valence electrons. The Morgan fingerprint density at radius 2 is 2.23 bits per heavy atom. The van der Waals surface area contributed by atoms with Crippen LogP contribution in [0.3, 0.4) is 0 Å². The molecule has 2 atom stereocenters. The highest BCUT2D eigenvalue weighted by Crippen LogP contribution is 2.38. The van der Waals surface area contributed by atoms with Gasteiger partial charge in [-0.25, -0.2) is 0 Å². The molecule has 2 aliphatic rings. The molecule has 2 saturated heterocycles. The number of nitrogens with zero attached hydrogens (tertiary/aromatic N) is 4. The molecule has 0 amide bonds. The van der Waals surface area contributed by atoms with Crippen molar-refractivity contribution in [1.29, 1.82) is 0 Å². The second kappa shape index (κ2) is 6.02. The number of anilines is 1. The van der Waals surface area contributed by atoms with Crippen LogP contribution in [0.15, 0.2) is 30.6 Å². The highest BCUT2D eigenvalue weighted by molar-refractivity contribution is 7.18. The summed E-state index contributed by atoms with van der Waals surface area (Å²) >= 11 is 8.08. The van der Waals surface area contributed by atoms with E-state index in [4.69, 9.17) is 17.3 Å². The minimum absolute atomic E-state index is 0.157. The van der Waals surface area contributed by atoms with Crippen LogP contribution >= 0.6 is 22.9 Å². The third-order valence-electron chi connectivity index (χ3n) is 5.30. The van der Waals surface area contributed by atoms with Gasteiger partial charge >= 0.3 is 0 Å². The average Bonchev–Trinajstić information content (AvgIpc) is 3.38. The molecule has 2 aliphatic heterocycles. The molecular formula is C17H18ClN7S. The number of H-pyrrole nitrogens is 1. The van der Waals surface area contributed by atoms with E-state index in [1.165, 1.54) is 0 Å². The van der Waals surface area contributed by atoms with E-state index < -0.39 is 0 Å². The lowest BCUT2D eigenvalue weighted by molar-refractivity contribution is 0.435. The maximum atomic E-state index is 6.52. The second-order valence-corrected chi connectivity index (χ2v) is 8.38. The third-order valence-corrected chi connectivity index (χ3v) is 6.63. The van der Waals surface area contributed by atoms with Gasteiger partial charge in [0.15, 0.2) is 5.01 Å². The van der Waals surface area contributed by atoms with Gasteiger partial charge < -0.3 is 16.0 Å². The summed E-state index contributed by atoms with van der Waals surface area (Å²) in [6, 6.07) is 5.94. The summed E-state index contributed by atoms with van der Waals surface area (Å²) in [4.78, 5) is 2.25. The Balaban J connectivity index is 1.41. The highest BCUT2D eigenvalue weighted by atomic mass is 35.5. The Morgan fingerprint density at radius 1 is 1.31 bits per heavy atom. The van der Waals surface area contributed by atoms with Gasteiger partial charge in [0.25, 0.3) is 0 Å². The maximum absolute atomic E-state index is 6.52. The predicted octanol–water partition coefficient (Wildman–Crippen LogP) is 1.99. The fourth-order valence-electron chi connectivity index (χ4n) is 3.82. The topological polar surface area (TPSA) is 95.8 Å². The molecular weight excluding hydrogens is 370 g/mol. The van der Waals surface area contributed by atoms with Gasteiger partial charge in [0.2, 0.25) is 5.13 Å². The molecule has 2 fully saturated rings. The molecule has 0 aliphatic carbocycles. The lowest BCUT2D eigenvalue weighted by atomic mass is 9.92.